The Morgan fingerprint density at radius 1 is 1.31 bits per heavy atom. The molecule has 1 amide bonds. The summed E-state index contributed by atoms with van der Waals surface area (Å²) in [5.41, 5.74) is 1.05. The molecule has 1 fully saturated rings. The lowest BCUT2D eigenvalue weighted by atomic mass is 10.0. The zero-order valence-electron chi connectivity index (χ0n) is 15.2. The van der Waals surface area contributed by atoms with Crippen LogP contribution >= 0.6 is 0 Å². The van der Waals surface area contributed by atoms with Gasteiger partial charge in [0.15, 0.2) is 0 Å². The number of nitrogens with zero attached hydrogens (tertiary/aromatic N) is 4. The van der Waals surface area contributed by atoms with E-state index in [0.29, 0.717) is 19.6 Å². The molecule has 8 nitrogen and oxygen atoms in total. The van der Waals surface area contributed by atoms with E-state index in [1.54, 1.807) is 7.11 Å². The van der Waals surface area contributed by atoms with Crippen molar-refractivity contribution in [2.24, 2.45) is 0 Å². The summed E-state index contributed by atoms with van der Waals surface area (Å²) in [7, 11) is 1.67. The highest BCUT2D eigenvalue weighted by atomic mass is 16.5. The molecule has 1 aromatic carbocycles. The van der Waals surface area contributed by atoms with Gasteiger partial charge in [0.1, 0.15) is 6.54 Å². The lowest BCUT2D eigenvalue weighted by Gasteiger charge is -2.29. The summed E-state index contributed by atoms with van der Waals surface area (Å²) in [6.45, 7) is 4.09. The fraction of sp³-hybridized carbons (Fsp3) is 0.556. The monoisotopic (exact) mass is 359 g/mol. The van der Waals surface area contributed by atoms with Gasteiger partial charge in [-0.25, -0.2) is 4.68 Å². The highest BCUT2D eigenvalue weighted by Gasteiger charge is 2.25. The van der Waals surface area contributed by atoms with E-state index in [1.165, 1.54) is 4.90 Å². The van der Waals surface area contributed by atoms with E-state index in [0.717, 1.165) is 43.9 Å². The van der Waals surface area contributed by atoms with Gasteiger partial charge in [-0.15, -0.1) is 5.10 Å². The topological polar surface area (TPSA) is 86.4 Å². The first-order valence-corrected chi connectivity index (χ1v) is 9.15. The maximum Gasteiger partial charge on any atom is 0.224 e. The van der Waals surface area contributed by atoms with Gasteiger partial charge in [-0.1, -0.05) is 30.3 Å². The Labute approximate surface area is 153 Å². The number of rotatable bonds is 8. The fourth-order valence-electron chi connectivity index (χ4n) is 3.33. The zero-order valence-corrected chi connectivity index (χ0v) is 15.2. The Bertz CT molecular complexity index is 682. The number of amides is 1. The summed E-state index contributed by atoms with van der Waals surface area (Å²) in [4.78, 5) is 13.7. The number of methoxy groups -OCH3 is 1. The summed E-state index contributed by atoms with van der Waals surface area (Å²) in [6, 6.07) is 10.1. The van der Waals surface area contributed by atoms with Gasteiger partial charge in [0.2, 0.25) is 11.7 Å². The van der Waals surface area contributed by atoms with Gasteiger partial charge in [-0.05, 0) is 16.0 Å². The molecule has 1 aliphatic rings. The third-order valence-electron chi connectivity index (χ3n) is 4.79. The molecule has 26 heavy (non-hydrogen) atoms. The molecule has 8 heteroatoms. The van der Waals surface area contributed by atoms with Crippen LogP contribution in [0.15, 0.2) is 30.3 Å². The summed E-state index contributed by atoms with van der Waals surface area (Å²) in [5, 5.41) is 15.1. The van der Waals surface area contributed by atoms with Gasteiger partial charge in [0.05, 0.1) is 32.7 Å². The number of piperidine rings is 1. The highest BCUT2D eigenvalue weighted by molar-refractivity contribution is 5.78. The molecule has 0 atom stereocenters. The SMILES string of the molecule is COCCn1nnnc1C[NH+]1CCC(NC(=O)Cc2ccccc2)CC1. The van der Waals surface area contributed by atoms with E-state index in [4.69, 9.17) is 4.74 Å². The second kappa shape index (κ2) is 9.40. The minimum absolute atomic E-state index is 0.105. The number of aromatic nitrogens is 4. The molecule has 1 aromatic heterocycles. The lowest BCUT2D eigenvalue weighted by molar-refractivity contribution is -0.919. The molecular formula is C18H27N6O2+. The summed E-state index contributed by atoms with van der Waals surface area (Å²) in [6.07, 6.45) is 2.41. The number of hydrogen-bond donors (Lipinski definition) is 2. The number of carbonyl (C=O) groups is 1. The van der Waals surface area contributed by atoms with Crippen LogP contribution in [-0.2, 0) is 29.0 Å². The van der Waals surface area contributed by atoms with Crippen LogP contribution in [0.5, 0.6) is 0 Å². The number of tetrazole rings is 1. The fourth-order valence-corrected chi connectivity index (χ4v) is 3.33. The van der Waals surface area contributed by atoms with Crippen LogP contribution in [0.3, 0.4) is 0 Å². The van der Waals surface area contributed by atoms with Gasteiger partial charge in [0, 0.05) is 26.0 Å². The first-order valence-electron chi connectivity index (χ1n) is 9.15. The van der Waals surface area contributed by atoms with Crippen molar-refractivity contribution in [2.75, 3.05) is 26.8 Å². The third-order valence-corrected chi connectivity index (χ3v) is 4.79. The summed E-state index contributed by atoms with van der Waals surface area (Å²) in [5.74, 6) is 0.997. The lowest BCUT2D eigenvalue weighted by Crippen LogP contribution is -3.12. The second-order valence-corrected chi connectivity index (χ2v) is 6.74. The number of hydrogen-bond acceptors (Lipinski definition) is 5. The Kier molecular flexibility index (Phi) is 6.68. The first kappa shape index (κ1) is 18.5. The molecule has 2 N–H and O–H groups in total. The quantitative estimate of drug-likeness (QED) is 0.646. The Balaban J connectivity index is 1.41. The van der Waals surface area contributed by atoms with E-state index >= 15 is 0 Å². The molecule has 0 unspecified atom stereocenters. The molecular weight excluding hydrogens is 332 g/mol. The van der Waals surface area contributed by atoms with E-state index in [-0.39, 0.29) is 11.9 Å². The highest BCUT2D eigenvalue weighted by Crippen LogP contribution is 2.03. The average molecular weight is 359 g/mol. The van der Waals surface area contributed by atoms with Crippen LogP contribution in [0, 0.1) is 0 Å². The number of quaternary nitrogens is 1. The first-order chi connectivity index (χ1) is 12.7. The molecule has 0 aliphatic carbocycles. The van der Waals surface area contributed by atoms with Crippen molar-refractivity contribution in [3.63, 3.8) is 0 Å². The standard InChI is InChI=1S/C18H26N6O2/c1-26-12-11-24-17(20-21-22-24)14-23-9-7-16(8-10-23)19-18(25)13-15-5-3-2-4-6-15/h2-6,16H,7-14H2,1H3,(H,19,25)/p+1. The van der Waals surface area contributed by atoms with E-state index in [9.17, 15) is 4.79 Å². The minimum Gasteiger partial charge on any atom is -0.383 e. The molecule has 0 saturated carbocycles. The van der Waals surface area contributed by atoms with Crippen LogP contribution in [0.1, 0.15) is 24.2 Å². The molecule has 140 valence electrons. The second-order valence-electron chi connectivity index (χ2n) is 6.74. The zero-order chi connectivity index (χ0) is 18.2. The number of ether oxygens (including phenoxy) is 1. The van der Waals surface area contributed by atoms with Crippen LogP contribution in [0.2, 0.25) is 0 Å². The van der Waals surface area contributed by atoms with Crippen LogP contribution in [0.25, 0.3) is 0 Å². The van der Waals surface area contributed by atoms with Gasteiger partial charge in [-0.3, -0.25) is 4.79 Å². The van der Waals surface area contributed by atoms with Crippen molar-refractivity contribution in [3.8, 4) is 0 Å². The van der Waals surface area contributed by atoms with Crippen LogP contribution in [0.4, 0.5) is 0 Å². The van der Waals surface area contributed by atoms with Gasteiger partial charge in [-0.2, -0.15) is 0 Å². The molecule has 0 radical (unpaired) electrons. The van der Waals surface area contributed by atoms with Gasteiger partial charge >= 0.3 is 0 Å². The number of nitrogens with one attached hydrogen (secondary N) is 2. The molecule has 1 aliphatic heterocycles. The molecule has 0 bridgehead atoms. The van der Waals surface area contributed by atoms with Crippen molar-refractivity contribution in [2.45, 2.75) is 38.4 Å². The van der Waals surface area contributed by atoms with Gasteiger partial charge < -0.3 is 15.0 Å². The number of benzene rings is 1. The average Bonchev–Trinajstić information content (AvgIpc) is 3.09. The molecule has 3 rings (SSSR count). The molecule has 1 saturated heterocycles. The van der Waals surface area contributed by atoms with Crippen molar-refractivity contribution in [1.29, 1.82) is 0 Å². The normalized spacial score (nSPS) is 20.0. The van der Waals surface area contributed by atoms with Crippen molar-refractivity contribution in [1.82, 2.24) is 25.5 Å². The largest absolute Gasteiger partial charge is 0.383 e. The van der Waals surface area contributed by atoms with E-state index in [2.05, 4.69) is 20.8 Å². The maximum atomic E-state index is 12.2. The predicted molar refractivity (Wildman–Crippen MR) is 95.4 cm³/mol. The van der Waals surface area contributed by atoms with Crippen molar-refractivity contribution in [3.05, 3.63) is 41.7 Å². The summed E-state index contributed by atoms with van der Waals surface area (Å²) >= 11 is 0. The third kappa shape index (κ3) is 5.34. The Morgan fingerprint density at radius 2 is 2.08 bits per heavy atom. The predicted octanol–water partition coefficient (Wildman–Crippen LogP) is -0.774. The Morgan fingerprint density at radius 3 is 2.81 bits per heavy atom. The van der Waals surface area contributed by atoms with Crippen LogP contribution in [-0.4, -0.2) is 59.0 Å². The van der Waals surface area contributed by atoms with E-state index in [1.807, 2.05) is 35.0 Å². The van der Waals surface area contributed by atoms with E-state index < -0.39 is 0 Å². The molecule has 2 aromatic rings. The smallest absolute Gasteiger partial charge is 0.224 e. The maximum absolute atomic E-state index is 12.2. The van der Waals surface area contributed by atoms with Crippen LogP contribution < -0.4 is 10.2 Å². The molecule has 2 heterocycles. The van der Waals surface area contributed by atoms with Crippen molar-refractivity contribution < 1.29 is 14.4 Å². The van der Waals surface area contributed by atoms with Crippen molar-refractivity contribution >= 4 is 5.91 Å². The van der Waals surface area contributed by atoms with Gasteiger partial charge in [0.25, 0.3) is 0 Å². The summed E-state index contributed by atoms with van der Waals surface area (Å²) < 4.78 is 6.90. The minimum atomic E-state index is 0.105. The number of carbonyl (C=O) groups excluding carboxylic acids is 1. The molecule has 0 spiro atoms. The number of likely N-dealkylation sites (tertiary alicyclic amines) is 1. The Hall–Kier alpha value is -2.32.